The molecular formula is C93H152N10O21. The fourth-order valence-corrected chi connectivity index (χ4v) is 16.9. The van der Waals surface area contributed by atoms with Gasteiger partial charge in [-0.2, -0.15) is 0 Å². The van der Waals surface area contributed by atoms with Gasteiger partial charge in [-0.3, -0.25) is 47.9 Å². The van der Waals surface area contributed by atoms with Crippen molar-refractivity contribution in [3.05, 3.63) is 65.2 Å². The van der Waals surface area contributed by atoms with Crippen molar-refractivity contribution in [1.29, 1.82) is 0 Å². The standard InChI is InChI=1S/C93H152N10O21/c1-17-75-59(5)63(9)84(98-67(13)104)90(121-75)115-46-36-25-21-32-42-94-79(108)53-102(54-80(109)95-43-33-22-26-37-47-116-91-85(99-68(14)105)64(10)60(6)76(18-2)122-91)88(113)72-50-73(52-74(51-72)119-58-83(112)120-57-71-40-30-29-31-41-71)89(114)103(55-81(110)96-44-34-23-27-38-48-117-92-86(100-69(15)106)65(11)61(7)77(19-3)123-92)56-82(111)97-45-35-24-28-39-49-118-93-87(101-70(16)107)66(12)62(8)78(20-4)124-93/h29-31,40-41,50-52,59-66,75-78,84-87,90-93H,17-28,32-39,42-49,53-58H2,1-16H3,(H,94,108)(H,95,109)(H,96,110)(H,97,111)(H,98,104)(H,99,105)(H,100,106)(H,101,107). The topological polar surface area (TPSA) is 383 Å². The molecule has 6 rings (SSSR count). The third-order valence-electron chi connectivity index (χ3n) is 25.0. The zero-order valence-electron chi connectivity index (χ0n) is 77.2. The van der Waals surface area contributed by atoms with Gasteiger partial charge in [-0.1, -0.05) is 165 Å². The van der Waals surface area contributed by atoms with E-state index in [1.807, 2.05) is 6.07 Å². The largest absolute Gasteiger partial charge is 0.482 e. The Morgan fingerprint density at radius 3 is 0.871 bits per heavy atom. The Morgan fingerprint density at radius 2 is 0.613 bits per heavy atom. The maximum absolute atomic E-state index is 15.4. The molecule has 8 N–H and O–H groups in total. The number of rotatable bonds is 55. The van der Waals surface area contributed by atoms with Crippen LogP contribution in [0.3, 0.4) is 0 Å². The van der Waals surface area contributed by atoms with Gasteiger partial charge >= 0.3 is 5.97 Å². The number of ether oxygens (including phenoxy) is 10. The van der Waals surface area contributed by atoms with Gasteiger partial charge in [-0.05, 0) is 148 Å². The summed E-state index contributed by atoms with van der Waals surface area (Å²) in [5.41, 5.74) is 0.239. The predicted molar refractivity (Wildman–Crippen MR) is 469 cm³/mol. The first-order valence-corrected chi connectivity index (χ1v) is 46.2. The summed E-state index contributed by atoms with van der Waals surface area (Å²) in [6.45, 7) is 30.4. The highest BCUT2D eigenvalue weighted by Gasteiger charge is 2.46. The summed E-state index contributed by atoms with van der Waals surface area (Å²) >= 11 is 0. The van der Waals surface area contributed by atoms with Crippen LogP contribution in [0.2, 0.25) is 0 Å². The lowest BCUT2D eigenvalue weighted by molar-refractivity contribution is -0.236. The molecule has 2 aromatic rings. The van der Waals surface area contributed by atoms with Gasteiger partial charge in [0.1, 0.15) is 38.5 Å². The summed E-state index contributed by atoms with van der Waals surface area (Å²) in [5.74, 6) is -4.30. The van der Waals surface area contributed by atoms with Crippen LogP contribution >= 0.6 is 0 Å². The number of carbonyl (C=O) groups excluding carboxylic acids is 11. The number of nitrogens with zero attached hydrogens (tertiary/aromatic N) is 2. The molecule has 10 amide bonds. The molecule has 124 heavy (non-hydrogen) atoms. The molecule has 4 saturated heterocycles. The number of esters is 1. The molecule has 0 bridgehead atoms. The summed E-state index contributed by atoms with van der Waals surface area (Å²) in [5, 5.41) is 23.7. The number of unbranched alkanes of at least 4 members (excludes halogenated alkanes) is 12. The Balaban J connectivity index is 1.19. The Morgan fingerprint density at radius 1 is 0.347 bits per heavy atom. The van der Waals surface area contributed by atoms with E-state index in [2.05, 4.69) is 126 Å². The lowest BCUT2D eigenvalue weighted by Crippen LogP contribution is -2.57. The molecule has 4 fully saturated rings. The molecule has 4 heterocycles. The van der Waals surface area contributed by atoms with E-state index in [4.69, 9.17) is 47.4 Å². The van der Waals surface area contributed by atoms with Crippen molar-refractivity contribution in [1.82, 2.24) is 52.3 Å². The lowest BCUT2D eigenvalue weighted by atomic mass is 9.81. The highest BCUT2D eigenvalue weighted by atomic mass is 16.7. The Hall–Kier alpha value is -7.91. The molecule has 31 heteroatoms. The van der Waals surface area contributed by atoms with Crippen molar-refractivity contribution in [2.75, 3.05) is 85.4 Å². The minimum atomic E-state index is -0.873. The molecule has 4 aliphatic heterocycles. The zero-order chi connectivity index (χ0) is 90.8. The normalized spacial score (nSPS) is 26.1. The molecule has 0 aromatic heterocycles. The van der Waals surface area contributed by atoms with Gasteiger partial charge in [-0.15, -0.1) is 0 Å². The number of hydrogen-bond acceptors (Lipinski definition) is 21. The Kier molecular flexibility index (Phi) is 47.6. The average Bonchev–Trinajstić information content (AvgIpc) is 0.829. The van der Waals surface area contributed by atoms with Gasteiger partial charge in [0, 0.05) is 91.4 Å². The summed E-state index contributed by atoms with van der Waals surface area (Å²) < 4.78 is 61.9. The maximum atomic E-state index is 15.4. The van der Waals surface area contributed by atoms with Crippen LogP contribution in [0.4, 0.5) is 0 Å². The van der Waals surface area contributed by atoms with Crippen LogP contribution in [0.15, 0.2) is 48.5 Å². The van der Waals surface area contributed by atoms with E-state index in [9.17, 15) is 43.2 Å². The Bertz CT molecular complexity index is 3250. The first-order valence-electron chi connectivity index (χ1n) is 46.2. The van der Waals surface area contributed by atoms with Gasteiger partial charge in [0.05, 0.1) is 48.6 Å². The molecule has 700 valence electrons. The molecule has 20 unspecified atom stereocenters. The van der Waals surface area contributed by atoms with Crippen molar-refractivity contribution in [3.8, 4) is 5.75 Å². The van der Waals surface area contributed by atoms with Crippen molar-refractivity contribution in [2.24, 2.45) is 47.3 Å². The second kappa shape index (κ2) is 56.3. The average molecular weight is 1750 g/mol. The minimum absolute atomic E-state index is 0.0146. The van der Waals surface area contributed by atoms with Gasteiger partial charge in [0.15, 0.2) is 31.8 Å². The lowest BCUT2D eigenvalue weighted by Gasteiger charge is -2.44. The fourth-order valence-electron chi connectivity index (χ4n) is 16.9. The Labute approximate surface area is 737 Å². The molecule has 31 nitrogen and oxygen atoms in total. The second-order valence-corrected chi connectivity index (χ2v) is 34.6. The highest BCUT2D eigenvalue weighted by Crippen LogP contribution is 2.37. The quantitative estimate of drug-likeness (QED) is 0.0225. The zero-order valence-corrected chi connectivity index (χ0v) is 77.2. The summed E-state index contributed by atoms with van der Waals surface area (Å²) in [4.78, 5) is 152. The van der Waals surface area contributed by atoms with Crippen LogP contribution in [0, 0.1) is 47.3 Å². The van der Waals surface area contributed by atoms with Crippen molar-refractivity contribution in [3.63, 3.8) is 0 Å². The molecule has 0 radical (unpaired) electrons. The summed E-state index contributed by atoms with van der Waals surface area (Å²) in [6, 6.07) is 11.5. The first-order chi connectivity index (χ1) is 59.4. The molecular weight excluding hydrogens is 1590 g/mol. The number of nitrogens with one attached hydrogen (secondary N) is 8. The van der Waals surface area contributed by atoms with Gasteiger partial charge in [0.2, 0.25) is 47.3 Å². The van der Waals surface area contributed by atoms with Gasteiger partial charge < -0.3 is 99.7 Å². The van der Waals surface area contributed by atoms with Crippen LogP contribution in [0.1, 0.15) is 265 Å². The van der Waals surface area contributed by atoms with Crippen molar-refractivity contribution in [2.45, 2.75) is 320 Å². The van der Waals surface area contributed by atoms with Crippen LogP contribution in [0.25, 0.3) is 0 Å². The first kappa shape index (κ1) is 105. The van der Waals surface area contributed by atoms with Crippen LogP contribution in [-0.4, -0.2) is 234 Å². The van der Waals surface area contributed by atoms with Crippen molar-refractivity contribution < 1.29 is 100 Å². The SMILES string of the molecule is CCC1OC(OCCCCCCNC(=O)CN(CC(=O)NCCCCCCOC2OC(CC)C(C)C(C)C2NC(C)=O)C(=O)c2cc(OCC(=O)OCc3ccccc3)cc(C(=O)N(CC(=O)NCCCCCCOC3OC(CC)C(C)C(C)C3NC(C)=O)CC(=O)NCCCCCCOC3OC(CC)C(C)C(C)C3NC(C)=O)c2)C(NC(C)=O)C(C)C1C. The van der Waals surface area contributed by atoms with Crippen LogP contribution < -0.4 is 47.3 Å². The smallest absolute Gasteiger partial charge is 0.344 e. The van der Waals surface area contributed by atoms with E-state index in [0.717, 1.165) is 61.2 Å². The van der Waals surface area contributed by atoms with E-state index in [-0.39, 0.29) is 169 Å². The van der Waals surface area contributed by atoms with Crippen LogP contribution in [-0.2, 0) is 92.4 Å². The highest BCUT2D eigenvalue weighted by molar-refractivity contribution is 6.04. The number of hydrogen-bond donors (Lipinski definition) is 8. The number of amides is 10. The molecule has 0 spiro atoms. The molecule has 2 aromatic carbocycles. The predicted octanol–water partition coefficient (Wildman–Crippen LogP) is 10.1. The maximum Gasteiger partial charge on any atom is 0.344 e. The van der Waals surface area contributed by atoms with E-state index in [1.165, 1.54) is 45.9 Å². The third kappa shape index (κ3) is 35.7. The van der Waals surface area contributed by atoms with E-state index < -0.39 is 99.4 Å². The molecule has 0 aliphatic carbocycles. The summed E-state index contributed by atoms with van der Waals surface area (Å²) in [7, 11) is 0. The second-order valence-electron chi connectivity index (χ2n) is 34.6. The number of carbonyl (C=O) groups is 11. The monoisotopic (exact) mass is 1750 g/mol. The minimum Gasteiger partial charge on any atom is -0.482 e. The van der Waals surface area contributed by atoms with Crippen LogP contribution in [0.5, 0.6) is 5.75 Å². The summed E-state index contributed by atoms with van der Waals surface area (Å²) in [6.07, 6.45) is 11.5. The molecule has 0 saturated carbocycles. The number of benzene rings is 2. The molecule has 20 atom stereocenters. The fraction of sp³-hybridized carbons (Fsp3) is 0.753. The van der Waals surface area contributed by atoms with E-state index >= 15 is 9.59 Å². The van der Waals surface area contributed by atoms with Crippen molar-refractivity contribution >= 4 is 65.0 Å². The van der Waals surface area contributed by atoms with Gasteiger partial charge in [-0.25, -0.2) is 4.79 Å². The van der Waals surface area contributed by atoms with Gasteiger partial charge in [0.25, 0.3) is 11.8 Å². The molecule has 4 aliphatic rings. The van der Waals surface area contributed by atoms with E-state index in [1.54, 1.807) is 24.3 Å². The third-order valence-corrected chi connectivity index (χ3v) is 25.0. The van der Waals surface area contributed by atoms with E-state index in [0.29, 0.717) is 109 Å².